The van der Waals surface area contributed by atoms with Crippen molar-refractivity contribution in [3.05, 3.63) is 53.5 Å². The molecule has 18 heavy (non-hydrogen) atoms. The number of aldehydes is 1. The molecule has 1 heterocycles. The zero-order chi connectivity index (χ0) is 13.5. The molecule has 0 saturated heterocycles. The van der Waals surface area contributed by atoms with Gasteiger partial charge in [-0.25, -0.2) is 4.39 Å². The van der Waals surface area contributed by atoms with Crippen molar-refractivity contribution in [3.63, 3.8) is 0 Å². The highest BCUT2D eigenvalue weighted by Crippen LogP contribution is 2.18. The Morgan fingerprint density at radius 3 is 2.22 bits per heavy atom. The van der Waals surface area contributed by atoms with Gasteiger partial charge in [0.2, 0.25) is 0 Å². The van der Waals surface area contributed by atoms with Crippen molar-refractivity contribution in [2.45, 2.75) is 6.92 Å². The first kappa shape index (κ1) is 14.0. The summed E-state index contributed by atoms with van der Waals surface area (Å²) in [6, 6.07) is 9.58. The summed E-state index contributed by atoms with van der Waals surface area (Å²) >= 11 is 0. The summed E-state index contributed by atoms with van der Waals surface area (Å²) in [6.07, 6.45) is 0.775. The summed E-state index contributed by atoms with van der Waals surface area (Å²) < 4.78 is 12.7. The Morgan fingerprint density at radius 2 is 1.72 bits per heavy atom. The van der Waals surface area contributed by atoms with Crippen molar-refractivity contribution in [2.24, 2.45) is 5.73 Å². The van der Waals surface area contributed by atoms with Crippen molar-refractivity contribution in [1.82, 2.24) is 4.98 Å². The lowest BCUT2D eigenvalue weighted by Crippen LogP contribution is -1.93. The maximum absolute atomic E-state index is 12.7. The van der Waals surface area contributed by atoms with E-state index in [0.29, 0.717) is 11.3 Å². The highest BCUT2D eigenvalue weighted by molar-refractivity contribution is 5.77. The fourth-order valence-electron chi connectivity index (χ4n) is 1.48. The number of benzene rings is 1. The monoisotopic (exact) mass is 246 g/mol. The van der Waals surface area contributed by atoms with Gasteiger partial charge < -0.3 is 5.73 Å². The summed E-state index contributed by atoms with van der Waals surface area (Å²) in [6.45, 7) is 1.77. The van der Waals surface area contributed by atoms with Crippen molar-refractivity contribution in [2.75, 3.05) is 7.05 Å². The van der Waals surface area contributed by atoms with E-state index in [1.165, 1.54) is 19.2 Å². The van der Waals surface area contributed by atoms with Crippen LogP contribution in [0.1, 0.15) is 16.1 Å². The van der Waals surface area contributed by atoms with Crippen molar-refractivity contribution < 1.29 is 9.18 Å². The van der Waals surface area contributed by atoms with E-state index in [-0.39, 0.29) is 5.82 Å². The van der Waals surface area contributed by atoms with Gasteiger partial charge in [-0.2, -0.15) is 0 Å². The summed E-state index contributed by atoms with van der Waals surface area (Å²) in [5, 5.41) is 0. The van der Waals surface area contributed by atoms with Crippen LogP contribution in [-0.4, -0.2) is 18.3 Å². The minimum atomic E-state index is -0.273. The van der Waals surface area contributed by atoms with Crippen LogP contribution in [-0.2, 0) is 0 Å². The number of aryl methyl sites for hydroxylation is 1. The third-order valence-electron chi connectivity index (χ3n) is 2.39. The molecule has 0 aliphatic rings. The molecule has 1 aromatic heterocycles. The molecular formula is C14H15FN2O. The van der Waals surface area contributed by atoms with Gasteiger partial charge in [0.05, 0.1) is 5.69 Å². The Morgan fingerprint density at radius 1 is 1.11 bits per heavy atom. The Labute approximate surface area is 105 Å². The normalized spacial score (nSPS) is 9.33. The highest BCUT2D eigenvalue weighted by Gasteiger charge is 2.03. The third kappa shape index (κ3) is 3.21. The van der Waals surface area contributed by atoms with Gasteiger partial charge in [-0.1, -0.05) is 0 Å². The smallest absolute Gasteiger partial charge is 0.151 e. The van der Waals surface area contributed by atoms with E-state index in [2.05, 4.69) is 10.7 Å². The van der Waals surface area contributed by atoms with Crippen LogP contribution in [0.4, 0.5) is 4.39 Å². The molecule has 3 nitrogen and oxygen atoms in total. The van der Waals surface area contributed by atoms with E-state index in [4.69, 9.17) is 0 Å². The molecule has 4 heteroatoms. The molecule has 0 bridgehead atoms. The number of halogens is 1. The Bertz CT molecular complexity index is 524. The average molecular weight is 246 g/mol. The molecule has 0 unspecified atom stereocenters. The van der Waals surface area contributed by atoms with Crippen LogP contribution < -0.4 is 5.73 Å². The van der Waals surface area contributed by atoms with E-state index in [1.807, 2.05) is 0 Å². The van der Waals surface area contributed by atoms with Gasteiger partial charge in [-0.15, -0.1) is 0 Å². The van der Waals surface area contributed by atoms with E-state index in [9.17, 15) is 9.18 Å². The summed E-state index contributed by atoms with van der Waals surface area (Å²) in [4.78, 5) is 14.9. The molecular weight excluding hydrogens is 231 g/mol. The number of nitrogens with zero attached hydrogens (tertiary/aromatic N) is 1. The highest BCUT2D eigenvalue weighted by atomic mass is 19.1. The van der Waals surface area contributed by atoms with Gasteiger partial charge in [0.25, 0.3) is 0 Å². The molecule has 2 aromatic rings. The summed E-state index contributed by atoms with van der Waals surface area (Å²) in [5.41, 5.74) is 7.33. The molecule has 0 spiro atoms. The van der Waals surface area contributed by atoms with Crippen LogP contribution >= 0.6 is 0 Å². The first-order valence-corrected chi connectivity index (χ1v) is 5.47. The van der Waals surface area contributed by atoms with Crippen LogP contribution in [0.25, 0.3) is 11.3 Å². The van der Waals surface area contributed by atoms with Crippen molar-refractivity contribution in [1.29, 1.82) is 0 Å². The molecule has 1 aromatic carbocycles. The summed E-state index contributed by atoms with van der Waals surface area (Å²) in [7, 11) is 1.50. The number of rotatable bonds is 2. The molecule has 0 amide bonds. The zero-order valence-corrected chi connectivity index (χ0v) is 10.4. The largest absolute Gasteiger partial charge is 0.333 e. The molecule has 0 radical (unpaired) electrons. The quantitative estimate of drug-likeness (QED) is 0.828. The van der Waals surface area contributed by atoms with Gasteiger partial charge in [0.15, 0.2) is 6.29 Å². The fraction of sp³-hybridized carbons (Fsp3) is 0.143. The van der Waals surface area contributed by atoms with Crippen LogP contribution in [0, 0.1) is 12.7 Å². The van der Waals surface area contributed by atoms with Crippen LogP contribution in [0.15, 0.2) is 36.4 Å². The number of hydrogen-bond acceptors (Lipinski definition) is 3. The lowest BCUT2D eigenvalue weighted by molar-refractivity contribution is 0.112. The lowest BCUT2D eigenvalue weighted by atomic mass is 10.1. The first-order valence-electron chi connectivity index (χ1n) is 5.47. The maximum Gasteiger partial charge on any atom is 0.151 e. The number of hydrogen-bond donors (Lipinski definition) is 1. The summed E-state index contributed by atoms with van der Waals surface area (Å²) in [5.74, 6) is -0.273. The van der Waals surface area contributed by atoms with Crippen LogP contribution in [0.5, 0.6) is 0 Å². The molecule has 0 fully saturated rings. The predicted octanol–water partition coefficient (Wildman–Crippen LogP) is 2.58. The SMILES string of the molecule is CN.Cc1nc(-c2ccc(F)cc2)ccc1C=O. The van der Waals surface area contributed by atoms with E-state index < -0.39 is 0 Å². The zero-order valence-electron chi connectivity index (χ0n) is 10.4. The average Bonchev–Trinajstić information content (AvgIpc) is 2.42. The van der Waals surface area contributed by atoms with E-state index in [1.54, 1.807) is 31.2 Å². The van der Waals surface area contributed by atoms with Gasteiger partial charge in [-0.05, 0) is 50.4 Å². The topological polar surface area (TPSA) is 56.0 Å². The number of carbonyl (C=O) groups excluding carboxylic acids is 1. The van der Waals surface area contributed by atoms with E-state index in [0.717, 1.165) is 17.5 Å². The molecule has 0 aliphatic carbocycles. The molecule has 2 rings (SSSR count). The minimum Gasteiger partial charge on any atom is -0.333 e. The molecule has 0 saturated carbocycles. The van der Waals surface area contributed by atoms with Crippen molar-refractivity contribution in [3.8, 4) is 11.3 Å². The van der Waals surface area contributed by atoms with Crippen LogP contribution in [0.3, 0.4) is 0 Å². The third-order valence-corrected chi connectivity index (χ3v) is 2.39. The maximum atomic E-state index is 12.7. The minimum absolute atomic E-state index is 0.273. The lowest BCUT2D eigenvalue weighted by Gasteiger charge is -2.03. The molecule has 0 aliphatic heterocycles. The van der Waals surface area contributed by atoms with Crippen LogP contribution in [0.2, 0.25) is 0 Å². The number of nitrogens with two attached hydrogens (primary N) is 1. The Hall–Kier alpha value is -2.07. The number of pyridine rings is 1. The standard InChI is InChI=1S/C13H10FNO.CH5N/c1-9-11(8-16)4-7-13(15-9)10-2-5-12(14)6-3-10;1-2/h2-8H,1H3;2H2,1H3. The fourth-order valence-corrected chi connectivity index (χ4v) is 1.48. The van der Waals surface area contributed by atoms with E-state index >= 15 is 0 Å². The van der Waals surface area contributed by atoms with Gasteiger partial charge >= 0.3 is 0 Å². The van der Waals surface area contributed by atoms with Gasteiger partial charge in [0.1, 0.15) is 5.82 Å². The Kier molecular flexibility index (Phi) is 5.14. The Balaban J connectivity index is 0.000000771. The molecule has 94 valence electrons. The second kappa shape index (κ2) is 6.61. The van der Waals surface area contributed by atoms with Gasteiger partial charge in [0, 0.05) is 16.8 Å². The number of aromatic nitrogens is 1. The first-order chi connectivity index (χ1) is 8.70. The predicted molar refractivity (Wildman–Crippen MR) is 69.9 cm³/mol. The second-order valence-corrected chi connectivity index (χ2v) is 3.50. The van der Waals surface area contributed by atoms with Gasteiger partial charge in [-0.3, -0.25) is 9.78 Å². The molecule has 0 atom stereocenters. The number of carbonyl (C=O) groups is 1. The molecule has 2 N–H and O–H groups in total. The second-order valence-electron chi connectivity index (χ2n) is 3.50. The van der Waals surface area contributed by atoms with Crippen molar-refractivity contribution >= 4 is 6.29 Å².